The summed E-state index contributed by atoms with van der Waals surface area (Å²) in [5.41, 5.74) is 0.0577. The van der Waals surface area contributed by atoms with Crippen LogP contribution in [0.25, 0.3) is 0 Å². The Kier molecular flexibility index (Phi) is 5.72. The first-order valence-electron chi connectivity index (χ1n) is 10.1. The van der Waals surface area contributed by atoms with Crippen LogP contribution in [-0.4, -0.2) is 38.8 Å². The second kappa shape index (κ2) is 7.36. The summed E-state index contributed by atoms with van der Waals surface area (Å²) in [5, 5.41) is 6.86. The molecule has 4 nitrogen and oxygen atoms in total. The Bertz CT molecular complexity index is 449. The number of hydrogen-bond acceptors (Lipinski definition) is 3. The van der Waals surface area contributed by atoms with Gasteiger partial charge >= 0.3 is 0 Å². The van der Waals surface area contributed by atoms with Gasteiger partial charge in [-0.05, 0) is 94.5 Å². The van der Waals surface area contributed by atoms with Crippen LogP contribution in [-0.2, 0) is 9.53 Å². The molecule has 2 N–H and O–H groups in total. The smallest absolute Gasteiger partial charge is 0.228 e. The number of amides is 1. The van der Waals surface area contributed by atoms with E-state index in [1.807, 2.05) is 0 Å². The first kappa shape index (κ1) is 19.4. The van der Waals surface area contributed by atoms with Gasteiger partial charge in [0, 0.05) is 13.2 Å². The van der Waals surface area contributed by atoms with E-state index in [2.05, 4.69) is 17.6 Å². The molecule has 1 saturated heterocycles. The molecule has 144 valence electrons. The fraction of sp³-hybridized carbons (Fsp3) is 0.950. The molecule has 1 atom stereocenters. The van der Waals surface area contributed by atoms with Crippen molar-refractivity contribution in [3.8, 4) is 0 Å². The number of ether oxygens (including phenoxy) is 1. The number of carbonyl (C=O) groups is 1. The monoisotopic (exact) mass is 370 g/mol. The molecule has 0 aromatic rings. The van der Waals surface area contributed by atoms with Gasteiger partial charge in [0.2, 0.25) is 5.91 Å². The van der Waals surface area contributed by atoms with Gasteiger partial charge in [0.05, 0.1) is 12.0 Å². The molecule has 1 amide bonds. The third kappa shape index (κ3) is 3.46. The fourth-order valence-corrected chi connectivity index (χ4v) is 6.83. The molecule has 4 saturated carbocycles. The summed E-state index contributed by atoms with van der Waals surface area (Å²) in [5.74, 6) is 3.04. The summed E-state index contributed by atoms with van der Waals surface area (Å²) in [6.45, 7) is 4.67. The molecule has 5 aliphatic rings. The number of nitrogens with one attached hydrogen (secondary N) is 2. The quantitative estimate of drug-likeness (QED) is 0.781. The Morgan fingerprint density at radius 2 is 1.64 bits per heavy atom. The highest BCUT2D eigenvalue weighted by molar-refractivity contribution is 5.85. The van der Waals surface area contributed by atoms with Gasteiger partial charge in [0.15, 0.2) is 0 Å². The van der Waals surface area contributed by atoms with Crippen LogP contribution in [0.5, 0.6) is 0 Å². The fourth-order valence-electron chi connectivity index (χ4n) is 6.83. The van der Waals surface area contributed by atoms with Crippen molar-refractivity contribution in [2.75, 3.05) is 26.8 Å². The van der Waals surface area contributed by atoms with Crippen LogP contribution in [0, 0.1) is 28.6 Å². The first-order chi connectivity index (χ1) is 11.6. The molecule has 0 aromatic heterocycles. The third-order valence-corrected chi connectivity index (χ3v) is 7.81. The summed E-state index contributed by atoms with van der Waals surface area (Å²) >= 11 is 0. The van der Waals surface area contributed by atoms with Gasteiger partial charge in [-0.15, -0.1) is 12.4 Å². The molecule has 5 heteroatoms. The van der Waals surface area contributed by atoms with Crippen LogP contribution in [0.1, 0.15) is 58.3 Å². The van der Waals surface area contributed by atoms with Crippen molar-refractivity contribution >= 4 is 18.3 Å². The van der Waals surface area contributed by atoms with Gasteiger partial charge in [-0.25, -0.2) is 0 Å². The summed E-state index contributed by atoms with van der Waals surface area (Å²) in [7, 11) is 1.72. The van der Waals surface area contributed by atoms with E-state index in [9.17, 15) is 4.79 Å². The Labute approximate surface area is 158 Å². The van der Waals surface area contributed by atoms with E-state index < -0.39 is 0 Å². The number of hydrogen-bond donors (Lipinski definition) is 2. The normalized spacial score (nSPS) is 39.5. The molecule has 5 fully saturated rings. The molecule has 1 heterocycles. The molecule has 1 unspecified atom stereocenters. The van der Waals surface area contributed by atoms with Crippen molar-refractivity contribution in [3.63, 3.8) is 0 Å². The Morgan fingerprint density at radius 1 is 1.12 bits per heavy atom. The summed E-state index contributed by atoms with van der Waals surface area (Å²) in [6.07, 6.45) is 10.2. The Hall–Kier alpha value is -0.320. The van der Waals surface area contributed by atoms with Crippen LogP contribution >= 0.6 is 12.4 Å². The summed E-state index contributed by atoms with van der Waals surface area (Å²) in [4.78, 5) is 13.2. The average Bonchev–Trinajstić information content (AvgIpc) is 2.54. The minimum absolute atomic E-state index is 0. The van der Waals surface area contributed by atoms with Crippen LogP contribution in [0.15, 0.2) is 0 Å². The molecular formula is C20H35ClN2O2. The van der Waals surface area contributed by atoms with Crippen molar-refractivity contribution in [3.05, 3.63) is 0 Å². The van der Waals surface area contributed by atoms with Crippen molar-refractivity contribution in [2.45, 2.75) is 64.3 Å². The van der Waals surface area contributed by atoms with E-state index in [0.29, 0.717) is 18.1 Å². The predicted molar refractivity (Wildman–Crippen MR) is 102 cm³/mol. The lowest BCUT2D eigenvalue weighted by Gasteiger charge is -2.59. The van der Waals surface area contributed by atoms with Crippen LogP contribution < -0.4 is 10.6 Å². The van der Waals surface area contributed by atoms with E-state index in [4.69, 9.17) is 4.74 Å². The number of piperidine rings is 1. The van der Waals surface area contributed by atoms with Gasteiger partial charge in [-0.2, -0.15) is 0 Å². The van der Waals surface area contributed by atoms with E-state index in [1.54, 1.807) is 7.11 Å². The maximum atomic E-state index is 13.2. The van der Waals surface area contributed by atoms with E-state index in [-0.39, 0.29) is 23.7 Å². The molecule has 1 aliphatic heterocycles. The Balaban J connectivity index is 0.00000182. The van der Waals surface area contributed by atoms with E-state index in [1.165, 1.54) is 38.5 Å². The summed E-state index contributed by atoms with van der Waals surface area (Å²) < 4.78 is 5.45. The highest BCUT2D eigenvalue weighted by atomic mass is 35.5. The zero-order valence-electron chi connectivity index (χ0n) is 15.8. The minimum atomic E-state index is -0.323. The second-order valence-electron chi connectivity index (χ2n) is 9.44. The Morgan fingerprint density at radius 3 is 2.12 bits per heavy atom. The maximum Gasteiger partial charge on any atom is 0.228 e. The number of halogens is 1. The SMILES string of the molecule is COCC1(C(=O)NC(C)C23CC4CC(CC(C4)C2)C3)CCNCC1.Cl. The van der Waals surface area contributed by atoms with Gasteiger partial charge < -0.3 is 15.4 Å². The van der Waals surface area contributed by atoms with Gasteiger partial charge in [0.25, 0.3) is 0 Å². The highest BCUT2D eigenvalue weighted by Crippen LogP contribution is 2.61. The molecule has 0 spiro atoms. The average molecular weight is 371 g/mol. The molecule has 0 radical (unpaired) electrons. The lowest BCUT2D eigenvalue weighted by Crippen LogP contribution is -2.59. The lowest BCUT2D eigenvalue weighted by molar-refractivity contribution is -0.140. The third-order valence-electron chi connectivity index (χ3n) is 7.81. The second-order valence-corrected chi connectivity index (χ2v) is 9.44. The largest absolute Gasteiger partial charge is 0.384 e. The highest BCUT2D eigenvalue weighted by Gasteiger charge is 2.54. The zero-order chi connectivity index (χ0) is 16.8. The molecule has 25 heavy (non-hydrogen) atoms. The first-order valence-corrected chi connectivity index (χ1v) is 10.1. The van der Waals surface area contributed by atoms with Crippen molar-refractivity contribution in [2.24, 2.45) is 28.6 Å². The molecular weight excluding hydrogens is 336 g/mol. The van der Waals surface area contributed by atoms with Crippen molar-refractivity contribution in [1.82, 2.24) is 10.6 Å². The van der Waals surface area contributed by atoms with E-state index >= 15 is 0 Å². The number of carbonyl (C=O) groups excluding carboxylic acids is 1. The number of methoxy groups -OCH3 is 1. The lowest BCUT2D eigenvalue weighted by atomic mass is 9.48. The van der Waals surface area contributed by atoms with Crippen LogP contribution in [0.3, 0.4) is 0 Å². The van der Waals surface area contributed by atoms with Crippen molar-refractivity contribution in [1.29, 1.82) is 0 Å². The molecule has 4 aliphatic carbocycles. The minimum Gasteiger partial charge on any atom is -0.384 e. The van der Waals surface area contributed by atoms with Gasteiger partial charge in [0.1, 0.15) is 0 Å². The number of rotatable bonds is 5. The zero-order valence-corrected chi connectivity index (χ0v) is 16.6. The van der Waals surface area contributed by atoms with Gasteiger partial charge in [-0.1, -0.05) is 0 Å². The van der Waals surface area contributed by atoms with Crippen molar-refractivity contribution < 1.29 is 9.53 Å². The standard InChI is InChI=1S/C20H34N2O2.ClH/c1-14(20-10-15-7-16(11-20)9-17(8-15)12-20)22-18(23)19(13-24-2)3-5-21-6-4-19;/h14-17,21H,3-13H2,1-2H3,(H,22,23);1H. The topological polar surface area (TPSA) is 50.4 Å². The molecule has 5 rings (SSSR count). The maximum absolute atomic E-state index is 13.2. The van der Waals surface area contributed by atoms with Gasteiger partial charge in [-0.3, -0.25) is 4.79 Å². The van der Waals surface area contributed by atoms with Crippen LogP contribution in [0.4, 0.5) is 0 Å². The van der Waals surface area contributed by atoms with Crippen LogP contribution in [0.2, 0.25) is 0 Å². The predicted octanol–water partition coefficient (Wildman–Crippen LogP) is 3.15. The van der Waals surface area contributed by atoms with E-state index in [0.717, 1.165) is 43.7 Å². The molecule has 4 bridgehead atoms. The summed E-state index contributed by atoms with van der Waals surface area (Å²) in [6, 6.07) is 0.307. The molecule has 0 aromatic carbocycles.